The van der Waals surface area contributed by atoms with Gasteiger partial charge in [-0.3, -0.25) is 0 Å². The number of oxazole rings is 1. The summed E-state index contributed by atoms with van der Waals surface area (Å²) in [7, 11) is -3.65. The summed E-state index contributed by atoms with van der Waals surface area (Å²) in [6.45, 7) is 6.59. The maximum absolute atomic E-state index is 12.1. The number of sulfonamides is 1. The van der Waals surface area contributed by atoms with Crippen LogP contribution in [0.25, 0.3) is 11.3 Å². The van der Waals surface area contributed by atoms with Gasteiger partial charge in [-0.25, -0.2) is 18.1 Å². The number of hydrogen-bond acceptors (Lipinski definition) is 5. The van der Waals surface area contributed by atoms with Crippen LogP contribution >= 0.6 is 0 Å². The van der Waals surface area contributed by atoms with Gasteiger partial charge in [-0.05, 0) is 32.9 Å². The molecule has 0 saturated heterocycles. The van der Waals surface area contributed by atoms with Crippen LogP contribution in [-0.4, -0.2) is 30.7 Å². The van der Waals surface area contributed by atoms with E-state index in [9.17, 15) is 13.5 Å². The van der Waals surface area contributed by atoms with Gasteiger partial charge in [-0.15, -0.1) is 0 Å². The third kappa shape index (κ3) is 3.94. The number of rotatable bonds is 5. The van der Waals surface area contributed by atoms with Gasteiger partial charge in [0.1, 0.15) is 11.5 Å². The molecule has 1 heterocycles. The lowest BCUT2D eigenvalue weighted by Crippen LogP contribution is -2.38. The zero-order valence-electron chi connectivity index (χ0n) is 13.0. The summed E-state index contributed by atoms with van der Waals surface area (Å²) in [6.07, 6.45) is 0. The third-order valence-electron chi connectivity index (χ3n) is 3.04. The molecule has 120 valence electrons. The largest absolute Gasteiger partial charge is 0.446 e. The Hall–Kier alpha value is -1.70. The average molecular weight is 324 g/mol. The molecule has 0 unspecified atom stereocenters. The fraction of sp³-hybridized carbons (Fsp3) is 0.400. The Balaban J connectivity index is 2.23. The Labute approximate surface area is 130 Å². The van der Waals surface area contributed by atoms with Gasteiger partial charge in [0, 0.05) is 19.0 Å². The number of aliphatic hydroxyl groups is 1. The highest BCUT2D eigenvalue weighted by Crippen LogP contribution is 2.24. The molecule has 6 nitrogen and oxygen atoms in total. The summed E-state index contributed by atoms with van der Waals surface area (Å²) in [5.74, 6) is 1.25. The van der Waals surface area contributed by atoms with Crippen molar-refractivity contribution in [3.8, 4) is 11.3 Å². The van der Waals surface area contributed by atoms with Crippen LogP contribution in [0.2, 0.25) is 0 Å². The van der Waals surface area contributed by atoms with E-state index in [2.05, 4.69) is 9.71 Å². The van der Waals surface area contributed by atoms with Crippen LogP contribution < -0.4 is 4.72 Å². The third-order valence-corrected chi connectivity index (χ3v) is 4.45. The van der Waals surface area contributed by atoms with E-state index in [1.807, 2.05) is 6.92 Å². The fourth-order valence-electron chi connectivity index (χ4n) is 1.94. The molecule has 0 aliphatic heterocycles. The number of aromatic nitrogens is 1. The first-order chi connectivity index (χ1) is 10.1. The highest BCUT2D eigenvalue weighted by Gasteiger charge is 2.20. The number of nitrogens with one attached hydrogen (secondary N) is 1. The molecule has 1 aromatic heterocycles. The summed E-state index contributed by atoms with van der Waals surface area (Å²) in [5.41, 5.74) is 0.379. The highest BCUT2D eigenvalue weighted by molar-refractivity contribution is 7.89. The van der Waals surface area contributed by atoms with Gasteiger partial charge < -0.3 is 9.52 Å². The van der Waals surface area contributed by atoms with E-state index in [4.69, 9.17) is 4.42 Å². The quantitative estimate of drug-likeness (QED) is 0.877. The van der Waals surface area contributed by atoms with E-state index in [-0.39, 0.29) is 11.4 Å². The number of benzene rings is 1. The van der Waals surface area contributed by atoms with Crippen LogP contribution in [0.4, 0.5) is 0 Å². The Bertz CT molecular complexity index is 756. The van der Waals surface area contributed by atoms with E-state index in [0.717, 1.165) is 5.56 Å². The van der Waals surface area contributed by atoms with Gasteiger partial charge in [-0.1, -0.05) is 12.1 Å². The number of aryl methyl sites for hydroxylation is 2. The molecule has 0 saturated carbocycles. The minimum atomic E-state index is -3.65. The number of hydrogen-bond donors (Lipinski definition) is 2. The van der Waals surface area contributed by atoms with Crippen molar-refractivity contribution in [2.24, 2.45) is 0 Å². The predicted octanol–water partition coefficient (Wildman–Crippen LogP) is 2.01. The second kappa shape index (κ2) is 5.83. The zero-order chi connectivity index (χ0) is 16.5. The minimum Gasteiger partial charge on any atom is -0.446 e. The maximum Gasteiger partial charge on any atom is 0.240 e. The minimum absolute atomic E-state index is 0.0569. The molecule has 0 radical (unpaired) electrons. The fourth-order valence-corrected chi connectivity index (χ4v) is 3.15. The van der Waals surface area contributed by atoms with Crippen molar-refractivity contribution in [3.05, 3.63) is 35.9 Å². The van der Waals surface area contributed by atoms with Gasteiger partial charge in [-0.2, -0.15) is 0 Å². The molecule has 1 aromatic carbocycles. The van der Waals surface area contributed by atoms with Gasteiger partial charge >= 0.3 is 0 Å². The Morgan fingerprint density at radius 1 is 1.23 bits per heavy atom. The topological polar surface area (TPSA) is 92.4 Å². The molecule has 2 aromatic rings. The van der Waals surface area contributed by atoms with Crippen molar-refractivity contribution in [2.45, 2.75) is 38.2 Å². The summed E-state index contributed by atoms with van der Waals surface area (Å²) in [4.78, 5) is 4.41. The summed E-state index contributed by atoms with van der Waals surface area (Å²) in [6, 6.07) is 6.38. The van der Waals surface area contributed by atoms with Crippen LogP contribution in [0.5, 0.6) is 0 Å². The lowest BCUT2D eigenvalue weighted by atomic mass is 10.1. The molecule has 0 spiro atoms. The second-order valence-electron chi connectivity index (χ2n) is 5.80. The van der Waals surface area contributed by atoms with E-state index in [1.165, 1.54) is 26.0 Å². The molecular weight excluding hydrogens is 304 g/mol. The van der Waals surface area contributed by atoms with E-state index >= 15 is 0 Å². The van der Waals surface area contributed by atoms with Gasteiger partial charge in [0.2, 0.25) is 10.0 Å². The predicted molar refractivity (Wildman–Crippen MR) is 82.9 cm³/mol. The zero-order valence-corrected chi connectivity index (χ0v) is 13.9. The molecule has 2 N–H and O–H groups in total. The number of nitrogens with zero attached hydrogens (tertiary/aromatic N) is 1. The molecule has 2 rings (SSSR count). The Morgan fingerprint density at radius 3 is 2.27 bits per heavy atom. The Kier molecular flexibility index (Phi) is 4.42. The first kappa shape index (κ1) is 16.7. The monoisotopic (exact) mass is 324 g/mol. The normalized spacial score (nSPS) is 12.6. The van der Waals surface area contributed by atoms with Crippen LogP contribution in [0.1, 0.15) is 25.5 Å². The van der Waals surface area contributed by atoms with Gasteiger partial charge in [0.15, 0.2) is 5.89 Å². The SMILES string of the molecule is Cc1nc(-c2ccc(S(=O)(=O)NCC(C)(C)O)cc2)c(C)o1. The summed E-state index contributed by atoms with van der Waals surface area (Å²) < 4.78 is 32.0. The lowest BCUT2D eigenvalue weighted by Gasteiger charge is -2.17. The van der Waals surface area contributed by atoms with Gasteiger partial charge in [0.25, 0.3) is 0 Å². The smallest absolute Gasteiger partial charge is 0.240 e. The molecular formula is C15H20N2O4S. The molecule has 7 heteroatoms. The average Bonchev–Trinajstić information content (AvgIpc) is 2.75. The molecule has 0 amide bonds. The van der Waals surface area contributed by atoms with Crippen molar-refractivity contribution in [1.29, 1.82) is 0 Å². The highest BCUT2D eigenvalue weighted by atomic mass is 32.2. The van der Waals surface area contributed by atoms with Crippen LogP contribution in [0, 0.1) is 13.8 Å². The molecule has 0 bridgehead atoms. The van der Waals surface area contributed by atoms with Crippen LogP contribution in [0.3, 0.4) is 0 Å². The van der Waals surface area contributed by atoms with E-state index in [0.29, 0.717) is 17.3 Å². The molecule has 22 heavy (non-hydrogen) atoms. The lowest BCUT2D eigenvalue weighted by molar-refractivity contribution is 0.0857. The van der Waals surface area contributed by atoms with Crippen molar-refractivity contribution < 1.29 is 17.9 Å². The van der Waals surface area contributed by atoms with Crippen molar-refractivity contribution in [2.75, 3.05) is 6.54 Å². The Morgan fingerprint density at radius 2 is 1.82 bits per heavy atom. The van der Waals surface area contributed by atoms with Crippen molar-refractivity contribution >= 4 is 10.0 Å². The van der Waals surface area contributed by atoms with Crippen LogP contribution in [-0.2, 0) is 10.0 Å². The maximum atomic E-state index is 12.1. The first-order valence-electron chi connectivity index (χ1n) is 6.85. The van der Waals surface area contributed by atoms with Crippen molar-refractivity contribution in [1.82, 2.24) is 9.71 Å². The second-order valence-corrected chi connectivity index (χ2v) is 7.57. The first-order valence-corrected chi connectivity index (χ1v) is 8.33. The standard InChI is InChI=1S/C15H20N2O4S/c1-10-14(17-11(2)21-10)12-5-7-13(8-6-12)22(19,20)16-9-15(3,4)18/h5-8,16,18H,9H2,1-4H3. The van der Waals surface area contributed by atoms with Crippen LogP contribution in [0.15, 0.2) is 33.6 Å². The van der Waals surface area contributed by atoms with Gasteiger partial charge in [0.05, 0.1) is 10.5 Å². The molecule has 0 aliphatic rings. The summed E-state index contributed by atoms with van der Waals surface area (Å²) in [5, 5.41) is 9.61. The van der Waals surface area contributed by atoms with E-state index < -0.39 is 15.6 Å². The molecule has 0 fully saturated rings. The van der Waals surface area contributed by atoms with E-state index in [1.54, 1.807) is 19.1 Å². The summed E-state index contributed by atoms with van der Waals surface area (Å²) >= 11 is 0. The molecule has 0 aliphatic carbocycles. The molecule has 0 atom stereocenters. The van der Waals surface area contributed by atoms with Crippen molar-refractivity contribution in [3.63, 3.8) is 0 Å².